The lowest BCUT2D eigenvalue weighted by molar-refractivity contribution is -0.969. The topological polar surface area (TPSA) is 52.1 Å². The van der Waals surface area contributed by atoms with E-state index in [1.165, 1.54) is 128 Å². The molecule has 0 bridgehead atoms. The molecule has 0 aromatic rings. The molecule has 0 spiro atoms. The molecule has 0 aromatic heterocycles. The maximum absolute atomic E-state index is 12.2. The summed E-state index contributed by atoms with van der Waals surface area (Å²) in [5.74, 6) is 0. The highest BCUT2D eigenvalue weighted by atomic mass is 35.5. The zero-order chi connectivity index (χ0) is 28.1. The molecule has 0 aliphatic carbocycles. The van der Waals surface area contributed by atoms with Crippen LogP contribution < -0.4 is 0 Å². The van der Waals surface area contributed by atoms with Crippen LogP contribution in [0.3, 0.4) is 0 Å². The van der Waals surface area contributed by atoms with E-state index < -0.39 is 0 Å². The quantitative estimate of drug-likeness (QED) is 0.0279. The van der Waals surface area contributed by atoms with Crippen LogP contribution in [0, 0.1) is 10.4 Å². The molecule has 0 amide bonds. The standard InChI is InChI=1S/C32H64Cl2N2O2/c1-3-5-7-9-11-13-15-17-19-21-23-25-27-31(33)29-35(37)36(38)30-32(34)28-26-24-22-20-18-16-14-12-10-8-6-4-2/h31-32H,3-30H2,1-2H3/b36-35+/t31-,32+. The smallest absolute Gasteiger partial charge is 0.236 e. The third-order valence-electron chi connectivity index (χ3n) is 7.70. The Kier molecular flexibility index (Phi) is 29.6. The van der Waals surface area contributed by atoms with E-state index in [-0.39, 0.29) is 23.8 Å². The first-order chi connectivity index (χ1) is 18.5. The van der Waals surface area contributed by atoms with E-state index in [1.807, 2.05) is 0 Å². The Morgan fingerprint density at radius 1 is 0.395 bits per heavy atom. The van der Waals surface area contributed by atoms with Crippen molar-refractivity contribution in [2.75, 3.05) is 13.1 Å². The van der Waals surface area contributed by atoms with Crippen molar-refractivity contribution in [1.82, 2.24) is 0 Å². The maximum atomic E-state index is 12.2. The summed E-state index contributed by atoms with van der Waals surface area (Å²) in [5, 5.41) is 23.8. The highest BCUT2D eigenvalue weighted by molar-refractivity contribution is 6.20. The molecular formula is C32H64Cl2N2O2. The first kappa shape index (κ1) is 37.8. The Morgan fingerprint density at radius 3 is 0.842 bits per heavy atom. The lowest BCUT2D eigenvalue weighted by Gasteiger charge is -2.11. The van der Waals surface area contributed by atoms with Crippen LogP contribution in [-0.4, -0.2) is 33.6 Å². The molecule has 0 aromatic carbocycles. The Morgan fingerprint density at radius 2 is 0.605 bits per heavy atom. The van der Waals surface area contributed by atoms with Gasteiger partial charge in [-0.25, -0.2) is 0 Å². The largest absolute Gasteiger partial charge is 0.567 e. The molecule has 0 unspecified atom stereocenters. The lowest BCUT2D eigenvalue weighted by Crippen LogP contribution is -2.28. The summed E-state index contributed by atoms with van der Waals surface area (Å²) in [6.45, 7) is 4.62. The van der Waals surface area contributed by atoms with Gasteiger partial charge in [0.15, 0.2) is 0 Å². The van der Waals surface area contributed by atoms with E-state index in [4.69, 9.17) is 23.2 Å². The van der Waals surface area contributed by atoms with Crippen LogP contribution in [0.25, 0.3) is 0 Å². The number of unbranched alkanes of at least 4 members (excludes halogenated alkanes) is 22. The van der Waals surface area contributed by atoms with E-state index >= 15 is 0 Å². The summed E-state index contributed by atoms with van der Waals surface area (Å²) in [6, 6.07) is 0. The van der Waals surface area contributed by atoms with E-state index in [1.54, 1.807) is 0 Å². The molecule has 2 atom stereocenters. The van der Waals surface area contributed by atoms with Crippen molar-refractivity contribution >= 4 is 23.2 Å². The van der Waals surface area contributed by atoms with E-state index in [2.05, 4.69) is 13.8 Å². The molecule has 0 saturated carbocycles. The second-order valence-electron chi connectivity index (χ2n) is 11.6. The van der Waals surface area contributed by atoms with Gasteiger partial charge in [-0.15, -0.1) is 23.2 Å². The SMILES string of the molecule is CCCCCCCCCCCCCC[C@@H](Cl)C/[N+]([O-])=[N+](\[O-])C[C@@H](Cl)CCCCCCCCCCCCCC. The minimum Gasteiger partial charge on any atom is -0.567 e. The fourth-order valence-corrected chi connectivity index (χ4v) is 5.66. The van der Waals surface area contributed by atoms with Crippen LogP contribution in [0.4, 0.5) is 0 Å². The van der Waals surface area contributed by atoms with Gasteiger partial charge in [0.25, 0.3) is 0 Å². The minimum atomic E-state index is -0.280. The van der Waals surface area contributed by atoms with Crippen LogP contribution in [0.15, 0.2) is 0 Å². The first-order valence-corrected chi connectivity index (χ1v) is 17.6. The van der Waals surface area contributed by atoms with Gasteiger partial charge in [0.1, 0.15) is 10.8 Å². The van der Waals surface area contributed by atoms with Crippen LogP contribution in [0.2, 0.25) is 0 Å². The van der Waals surface area contributed by atoms with Crippen molar-refractivity contribution in [1.29, 1.82) is 0 Å². The van der Waals surface area contributed by atoms with Gasteiger partial charge in [0.2, 0.25) is 13.1 Å². The zero-order valence-electron chi connectivity index (χ0n) is 25.4. The predicted molar refractivity (Wildman–Crippen MR) is 168 cm³/mol. The average Bonchev–Trinajstić information content (AvgIpc) is 2.89. The highest BCUT2D eigenvalue weighted by Crippen LogP contribution is 2.16. The van der Waals surface area contributed by atoms with Crippen molar-refractivity contribution in [2.24, 2.45) is 0 Å². The number of hydrogen-bond donors (Lipinski definition) is 0. The molecule has 0 radical (unpaired) electrons. The van der Waals surface area contributed by atoms with Gasteiger partial charge >= 0.3 is 0 Å². The lowest BCUT2D eigenvalue weighted by atomic mass is 10.0. The van der Waals surface area contributed by atoms with Gasteiger partial charge in [-0.05, 0) is 12.8 Å². The van der Waals surface area contributed by atoms with Crippen LogP contribution in [-0.2, 0) is 0 Å². The molecule has 0 heterocycles. The molecule has 228 valence electrons. The minimum absolute atomic E-state index is 0.0469. The second kappa shape index (κ2) is 29.8. The first-order valence-electron chi connectivity index (χ1n) is 16.7. The van der Waals surface area contributed by atoms with Gasteiger partial charge in [-0.2, -0.15) is 0 Å². The van der Waals surface area contributed by atoms with Crippen molar-refractivity contribution < 1.29 is 9.72 Å². The monoisotopic (exact) mass is 578 g/mol. The number of azo groups is 1. The Balaban J connectivity index is 3.64. The van der Waals surface area contributed by atoms with Gasteiger partial charge in [-0.1, -0.05) is 168 Å². The number of halogens is 2. The number of rotatable bonds is 30. The highest BCUT2D eigenvalue weighted by Gasteiger charge is 2.19. The number of hydroxylamine groups is 2. The average molecular weight is 580 g/mol. The van der Waals surface area contributed by atoms with Crippen molar-refractivity contribution in [3.05, 3.63) is 10.4 Å². The summed E-state index contributed by atoms with van der Waals surface area (Å²) in [7, 11) is 0. The predicted octanol–water partition coefficient (Wildman–Crippen LogP) is 11.9. The molecule has 0 N–H and O–H groups in total. The molecule has 4 nitrogen and oxygen atoms in total. The van der Waals surface area contributed by atoms with Crippen LogP contribution >= 0.6 is 23.2 Å². The summed E-state index contributed by atoms with van der Waals surface area (Å²) < 4.78 is 0. The normalized spacial score (nSPS) is 14.0. The Labute approximate surface area is 247 Å². The molecule has 0 fully saturated rings. The fraction of sp³-hybridized carbons (Fsp3) is 1.00. The molecule has 0 aliphatic heterocycles. The number of alkyl halides is 2. The third kappa shape index (κ3) is 27.4. The van der Waals surface area contributed by atoms with E-state index in [0.717, 1.165) is 38.5 Å². The Hall–Kier alpha value is -0.220. The van der Waals surface area contributed by atoms with Crippen LogP contribution in [0.5, 0.6) is 0 Å². The second-order valence-corrected chi connectivity index (χ2v) is 12.9. The van der Waals surface area contributed by atoms with Gasteiger partial charge in [-0.3, -0.25) is 0 Å². The fourth-order valence-electron chi connectivity index (χ4n) is 5.12. The van der Waals surface area contributed by atoms with E-state index in [0.29, 0.717) is 9.72 Å². The third-order valence-corrected chi connectivity index (χ3v) is 8.41. The molecule has 38 heavy (non-hydrogen) atoms. The molecule has 6 heteroatoms. The summed E-state index contributed by atoms with van der Waals surface area (Å²) >= 11 is 12.7. The van der Waals surface area contributed by atoms with Crippen molar-refractivity contribution in [3.63, 3.8) is 0 Å². The number of nitrogens with zero attached hydrogens (tertiary/aromatic N) is 2. The van der Waals surface area contributed by atoms with Crippen molar-refractivity contribution in [2.45, 2.75) is 192 Å². The number of hydrogen-bond acceptors (Lipinski definition) is 2. The van der Waals surface area contributed by atoms with Crippen molar-refractivity contribution in [3.8, 4) is 0 Å². The summed E-state index contributed by atoms with van der Waals surface area (Å²) in [6.07, 6.45) is 32.9. The van der Waals surface area contributed by atoms with Crippen LogP contribution in [0.1, 0.15) is 181 Å². The molecule has 0 rings (SSSR count). The van der Waals surface area contributed by atoms with Gasteiger partial charge < -0.3 is 10.4 Å². The maximum Gasteiger partial charge on any atom is 0.236 e. The zero-order valence-corrected chi connectivity index (χ0v) is 26.9. The van der Waals surface area contributed by atoms with Gasteiger partial charge in [0.05, 0.1) is 0 Å². The molecule has 0 saturated heterocycles. The Bertz CT molecular complexity index is 476. The van der Waals surface area contributed by atoms with Gasteiger partial charge in [0, 0.05) is 9.72 Å². The van der Waals surface area contributed by atoms with E-state index in [9.17, 15) is 10.4 Å². The summed E-state index contributed by atoms with van der Waals surface area (Å²) in [4.78, 5) is 0.936. The molecule has 0 aliphatic rings. The molecular weight excluding hydrogens is 515 g/mol. The summed E-state index contributed by atoms with van der Waals surface area (Å²) in [5.41, 5.74) is 0.